The number of benzene rings is 2. The zero-order valence-corrected chi connectivity index (χ0v) is 17.2. The maximum Gasteiger partial charge on any atom is 0.0230 e. The maximum absolute atomic E-state index is 3.93. The molecule has 2 aromatic rings. The standard InChI is InChI=1S/C26H33N/c1-5-20-27(4)21-12-11-14-23(6-2)26-17-10-9-16-25(26)19-18-24-15-8-7-13-22(24)3/h7-11,13-17H,2,5,12,18-21H2,1,3-4H3. The molecule has 1 heteroatoms. The molecule has 2 aromatic carbocycles. The summed E-state index contributed by atoms with van der Waals surface area (Å²) in [5.74, 6) is 0. The van der Waals surface area contributed by atoms with Crippen molar-refractivity contribution in [2.24, 2.45) is 0 Å². The largest absolute Gasteiger partial charge is 0.306 e. The van der Waals surface area contributed by atoms with Crippen molar-refractivity contribution in [3.8, 4) is 0 Å². The highest BCUT2D eigenvalue weighted by atomic mass is 15.1. The molecule has 0 saturated carbocycles. The summed E-state index contributed by atoms with van der Waals surface area (Å²) in [5, 5.41) is 0. The molecule has 1 nitrogen and oxygen atoms in total. The van der Waals surface area contributed by atoms with E-state index in [4.69, 9.17) is 0 Å². The van der Waals surface area contributed by atoms with Crippen LogP contribution in [0.25, 0.3) is 5.57 Å². The number of rotatable bonds is 10. The van der Waals surface area contributed by atoms with Crippen LogP contribution in [-0.4, -0.2) is 25.0 Å². The molecule has 0 unspecified atom stereocenters. The van der Waals surface area contributed by atoms with E-state index in [0.29, 0.717) is 0 Å². The summed E-state index contributed by atoms with van der Waals surface area (Å²) >= 11 is 0. The van der Waals surface area contributed by atoms with E-state index in [-0.39, 0.29) is 0 Å². The van der Waals surface area contributed by atoms with Crippen molar-refractivity contribution in [1.29, 1.82) is 0 Å². The average Bonchev–Trinajstić information content (AvgIpc) is 2.68. The summed E-state index contributed by atoms with van der Waals surface area (Å²) in [6.45, 7) is 10.6. The van der Waals surface area contributed by atoms with E-state index in [1.165, 1.54) is 28.7 Å². The first-order chi connectivity index (χ1) is 13.2. The summed E-state index contributed by atoms with van der Waals surface area (Å²) in [7, 11) is 2.18. The fraction of sp³-hybridized carbons (Fsp3) is 0.346. The Balaban J connectivity index is 2.06. The van der Waals surface area contributed by atoms with Gasteiger partial charge in [-0.25, -0.2) is 0 Å². The minimum Gasteiger partial charge on any atom is -0.306 e. The molecule has 0 amide bonds. The number of aryl methyl sites for hydroxylation is 3. The number of nitrogens with zero attached hydrogens (tertiary/aromatic N) is 1. The summed E-state index contributed by atoms with van der Waals surface area (Å²) in [6.07, 6.45) is 8.76. The van der Waals surface area contributed by atoms with Crippen LogP contribution in [0.3, 0.4) is 0 Å². The Morgan fingerprint density at radius 1 is 1.00 bits per heavy atom. The highest BCUT2D eigenvalue weighted by Crippen LogP contribution is 2.22. The lowest BCUT2D eigenvalue weighted by Gasteiger charge is -2.13. The Morgan fingerprint density at radius 3 is 2.37 bits per heavy atom. The van der Waals surface area contributed by atoms with E-state index in [0.717, 1.165) is 37.9 Å². The fourth-order valence-electron chi connectivity index (χ4n) is 3.39. The first-order valence-electron chi connectivity index (χ1n) is 10.0. The van der Waals surface area contributed by atoms with Gasteiger partial charge in [-0.1, -0.05) is 74.2 Å². The smallest absolute Gasteiger partial charge is 0.0230 e. The van der Waals surface area contributed by atoms with Gasteiger partial charge < -0.3 is 4.90 Å². The molecule has 0 saturated heterocycles. The molecular weight excluding hydrogens is 326 g/mol. The zero-order valence-electron chi connectivity index (χ0n) is 17.2. The number of allylic oxidation sites excluding steroid dienone is 2. The van der Waals surface area contributed by atoms with Crippen molar-refractivity contribution < 1.29 is 0 Å². The lowest BCUT2D eigenvalue weighted by molar-refractivity contribution is 0.341. The van der Waals surface area contributed by atoms with Gasteiger partial charge in [0.1, 0.15) is 0 Å². The molecule has 0 atom stereocenters. The molecule has 0 aliphatic heterocycles. The number of hydrogen-bond acceptors (Lipinski definition) is 1. The Bertz CT molecular complexity index is 793. The highest BCUT2D eigenvalue weighted by Gasteiger charge is 2.06. The second-order valence-electron chi connectivity index (χ2n) is 7.17. The van der Waals surface area contributed by atoms with Crippen LogP contribution in [0, 0.1) is 6.92 Å². The van der Waals surface area contributed by atoms with Crippen LogP contribution in [0.1, 0.15) is 42.0 Å². The lowest BCUT2D eigenvalue weighted by Crippen LogP contribution is -2.19. The van der Waals surface area contributed by atoms with Crippen molar-refractivity contribution in [2.45, 2.75) is 39.5 Å². The van der Waals surface area contributed by atoms with Gasteiger partial charge in [0.2, 0.25) is 0 Å². The van der Waals surface area contributed by atoms with E-state index >= 15 is 0 Å². The highest BCUT2D eigenvalue weighted by molar-refractivity contribution is 5.75. The van der Waals surface area contributed by atoms with E-state index in [1.807, 2.05) is 0 Å². The van der Waals surface area contributed by atoms with Crippen LogP contribution in [0.5, 0.6) is 0 Å². The summed E-state index contributed by atoms with van der Waals surface area (Å²) in [4.78, 5) is 2.37. The predicted octanol–water partition coefficient (Wildman–Crippen LogP) is 6.24. The third-order valence-electron chi connectivity index (χ3n) is 4.99. The van der Waals surface area contributed by atoms with E-state index < -0.39 is 0 Å². The van der Waals surface area contributed by atoms with Crippen LogP contribution in [-0.2, 0) is 12.8 Å². The zero-order chi connectivity index (χ0) is 19.5. The molecule has 0 aliphatic carbocycles. The second kappa shape index (κ2) is 11.4. The van der Waals surface area contributed by atoms with Crippen LogP contribution in [0.4, 0.5) is 0 Å². The van der Waals surface area contributed by atoms with Crippen LogP contribution in [0.15, 0.2) is 73.0 Å². The van der Waals surface area contributed by atoms with Gasteiger partial charge in [0.25, 0.3) is 0 Å². The van der Waals surface area contributed by atoms with Gasteiger partial charge >= 0.3 is 0 Å². The molecule has 0 aliphatic rings. The summed E-state index contributed by atoms with van der Waals surface area (Å²) in [6, 6.07) is 17.3. The maximum atomic E-state index is 3.93. The molecule has 0 fully saturated rings. The van der Waals surface area contributed by atoms with Gasteiger partial charge in [-0.15, -0.1) is 5.73 Å². The molecule has 0 aromatic heterocycles. The Morgan fingerprint density at radius 2 is 1.67 bits per heavy atom. The third kappa shape index (κ3) is 6.71. The van der Waals surface area contributed by atoms with E-state index in [2.05, 4.69) is 98.8 Å². The first-order valence-corrected chi connectivity index (χ1v) is 10.0. The molecule has 0 spiro atoms. The normalized spacial score (nSPS) is 11.1. The topological polar surface area (TPSA) is 3.24 Å². The van der Waals surface area contributed by atoms with Gasteiger partial charge in [-0.05, 0) is 68.5 Å². The van der Waals surface area contributed by atoms with Gasteiger partial charge in [-0.2, -0.15) is 0 Å². The SMILES string of the molecule is C=C=C(C=CCCN(C)CCC)c1ccccc1CCc1ccccc1C. The van der Waals surface area contributed by atoms with Gasteiger partial charge in [0.05, 0.1) is 0 Å². The summed E-state index contributed by atoms with van der Waals surface area (Å²) in [5.41, 5.74) is 9.64. The van der Waals surface area contributed by atoms with Crippen LogP contribution in [0.2, 0.25) is 0 Å². The molecule has 0 heterocycles. The van der Waals surface area contributed by atoms with Crippen LogP contribution >= 0.6 is 0 Å². The van der Waals surface area contributed by atoms with Crippen molar-refractivity contribution in [2.75, 3.05) is 20.1 Å². The summed E-state index contributed by atoms with van der Waals surface area (Å²) < 4.78 is 0. The lowest BCUT2D eigenvalue weighted by atomic mass is 9.94. The van der Waals surface area contributed by atoms with Gasteiger partial charge in [0.15, 0.2) is 0 Å². The average molecular weight is 360 g/mol. The minimum absolute atomic E-state index is 1.03. The second-order valence-corrected chi connectivity index (χ2v) is 7.17. The van der Waals surface area contributed by atoms with Gasteiger partial charge in [0, 0.05) is 12.1 Å². The number of hydrogen-bond donors (Lipinski definition) is 0. The molecule has 27 heavy (non-hydrogen) atoms. The van der Waals surface area contributed by atoms with Crippen molar-refractivity contribution in [1.82, 2.24) is 4.90 Å². The Kier molecular flexibility index (Phi) is 8.84. The van der Waals surface area contributed by atoms with Crippen molar-refractivity contribution >= 4 is 5.57 Å². The van der Waals surface area contributed by atoms with Crippen molar-refractivity contribution in [3.63, 3.8) is 0 Å². The quantitative estimate of drug-likeness (QED) is 0.359. The van der Waals surface area contributed by atoms with Crippen molar-refractivity contribution in [3.05, 3.63) is 95.2 Å². The monoisotopic (exact) mass is 359 g/mol. The minimum atomic E-state index is 1.03. The first kappa shape index (κ1) is 21.0. The molecule has 0 N–H and O–H groups in total. The Hall–Kier alpha value is -2.34. The molecule has 0 radical (unpaired) electrons. The van der Waals surface area contributed by atoms with Crippen LogP contribution < -0.4 is 0 Å². The molecular formula is C26H33N. The molecule has 2 rings (SSSR count). The third-order valence-corrected chi connectivity index (χ3v) is 4.99. The molecule has 0 bridgehead atoms. The van der Waals surface area contributed by atoms with Gasteiger partial charge in [-0.3, -0.25) is 0 Å². The fourth-order valence-corrected chi connectivity index (χ4v) is 3.39. The Labute approximate surface area is 165 Å². The predicted molar refractivity (Wildman–Crippen MR) is 119 cm³/mol. The molecule has 142 valence electrons. The van der Waals surface area contributed by atoms with E-state index in [1.54, 1.807) is 0 Å². The van der Waals surface area contributed by atoms with E-state index in [9.17, 15) is 0 Å².